The van der Waals surface area contributed by atoms with E-state index in [1.807, 2.05) is 0 Å². The minimum atomic E-state index is -0.995. The van der Waals surface area contributed by atoms with Crippen LogP contribution < -0.4 is 4.74 Å². The van der Waals surface area contributed by atoms with E-state index < -0.39 is 12.1 Å². The topological polar surface area (TPSA) is 66.8 Å². The summed E-state index contributed by atoms with van der Waals surface area (Å²) in [6, 6.07) is 6.85. The Kier molecular flexibility index (Phi) is 4.12. The van der Waals surface area contributed by atoms with Gasteiger partial charge in [-0.15, -0.1) is 0 Å². The summed E-state index contributed by atoms with van der Waals surface area (Å²) in [7, 11) is 0. The molecule has 0 saturated heterocycles. The largest absolute Gasteiger partial charge is 0.479 e. The number of ether oxygens (including phenoxy) is 1. The van der Waals surface area contributed by atoms with Crippen LogP contribution >= 0.6 is 0 Å². The van der Waals surface area contributed by atoms with Crippen LogP contribution in [0.5, 0.6) is 5.75 Å². The van der Waals surface area contributed by atoms with Gasteiger partial charge in [-0.2, -0.15) is 0 Å². The fourth-order valence-corrected chi connectivity index (χ4v) is 1.21. The molecule has 1 atom stereocenters. The molecule has 0 aliphatic rings. The van der Waals surface area contributed by atoms with Gasteiger partial charge in [-0.05, 0) is 12.5 Å². The molecular weight excluding hydrogens is 196 g/mol. The predicted octanol–water partition coefficient (Wildman–Crippen LogP) is 1.42. The van der Waals surface area contributed by atoms with Crippen molar-refractivity contribution in [3.05, 3.63) is 29.8 Å². The van der Waals surface area contributed by atoms with Crippen LogP contribution in [0.4, 0.5) is 0 Å². The molecule has 0 spiro atoms. The van der Waals surface area contributed by atoms with Crippen molar-refractivity contribution in [1.29, 1.82) is 0 Å². The second kappa shape index (κ2) is 5.36. The Morgan fingerprint density at radius 2 is 2.13 bits per heavy atom. The maximum Gasteiger partial charge on any atom is 0.344 e. The van der Waals surface area contributed by atoms with Crippen LogP contribution in [0.3, 0.4) is 0 Å². The van der Waals surface area contributed by atoms with E-state index in [0.717, 1.165) is 0 Å². The van der Waals surface area contributed by atoms with Crippen molar-refractivity contribution < 1.29 is 19.7 Å². The fraction of sp³-hybridized carbons (Fsp3) is 0.364. The molecule has 1 aromatic carbocycles. The Hall–Kier alpha value is -1.55. The van der Waals surface area contributed by atoms with Crippen molar-refractivity contribution in [3.8, 4) is 5.75 Å². The third-order valence-corrected chi connectivity index (χ3v) is 2.06. The molecule has 0 aliphatic heterocycles. The number of hydrogen-bond acceptors (Lipinski definition) is 3. The maximum atomic E-state index is 10.7. The summed E-state index contributed by atoms with van der Waals surface area (Å²) in [5, 5.41) is 17.8. The molecule has 0 aliphatic carbocycles. The highest BCUT2D eigenvalue weighted by molar-refractivity contribution is 5.72. The first-order valence-corrected chi connectivity index (χ1v) is 4.77. The monoisotopic (exact) mass is 210 g/mol. The van der Waals surface area contributed by atoms with Gasteiger partial charge in [0.25, 0.3) is 0 Å². The highest BCUT2D eigenvalue weighted by Crippen LogP contribution is 2.19. The summed E-state index contributed by atoms with van der Waals surface area (Å²) < 4.78 is 5.29. The van der Waals surface area contributed by atoms with Crippen molar-refractivity contribution in [2.75, 3.05) is 0 Å². The van der Waals surface area contributed by atoms with E-state index >= 15 is 0 Å². The van der Waals surface area contributed by atoms with E-state index in [0.29, 0.717) is 17.7 Å². The van der Waals surface area contributed by atoms with Gasteiger partial charge in [0.2, 0.25) is 0 Å². The van der Waals surface area contributed by atoms with Crippen LogP contribution in [0, 0.1) is 0 Å². The number of para-hydroxylation sites is 1. The Labute approximate surface area is 88.1 Å². The van der Waals surface area contributed by atoms with Crippen LogP contribution in [0.25, 0.3) is 0 Å². The first-order chi connectivity index (χ1) is 7.19. The molecule has 4 nitrogen and oxygen atoms in total. The van der Waals surface area contributed by atoms with E-state index in [9.17, 15) is 4.79 Å². The normalized spacial score (nSPS) is 12.1. The molecule has 0 radical (unpaired) electrons. The molecule has 1 aromatic rings. The lowest BCUT2D eigenvalue weighted by Crippen LogP contribution is -2.26. The lowest BCUT2D eigenvalue weighted by Gasteiger charge is -2.15. The zero-order chi connectivity index (χ0) is 11.3. The lowest BCUT2D eigenvalue weighted by atomic mass is 10.2. The van der Waals surface area contributed by atoms with Gasteiger partial charge in [0.1, 0.15) is 5.75 Å². The van der Waals surface area contributed by atoms with Crippen LogP contribution in [0.1, 0.15) is 18.9 Å². The SMILES string of the molecule is CCC(Oc1ccccc1CO)C(=O)O. The summed E-state index contributed by atoms with van der Waals surface area (Å²) in [6.45, 7) is 1.58. The third-order valence-electron chi connectivity index (χ3n) is 2.06. The molecule has 1 unspecified atom stereocenters. The molecule has 0 bridgehead atoms. The van der Waals surface area contributed by atoms with Gasteiger partial charge in [0.05, 0.1) is 6.61 Å². The molecule has 0 saturated carbocycles. The smallest absolute Gasteiger partial charge is 0.344 e. The van der Waals surface area contributed by atoms with Crippen molar-refractivity contribution in [3.63, 3.8) is 0 Å². The number of aliphatic carboxylic acids is 1. The average molecular weight is 210 g/mol. The minimum Gasteiger partial charge on any atom is -0.479 e. The molecule has 2 N–H and O–H groups in total. The molecular formula is C11H14O4. The lowest BCUT2D eigenvalue weighted by molar-refractivity contribution is -0.145. The summed E-state index contributed by atoms with van der Waals surface area (Å²) in [4.78, 5) is 10.7. The Morgan fingerprint density at radius 1 is 1.47 bits per heavy atom. The van der Waals surface area contributed by atoms with Gasteiger partial charge in [-0.3, -0.25) is 0 Å². The number of hydrogen-bond donors (Lipinski definition) is 2. The van der Waals surface area contributed by atoms with Crippen LogP contribution in [-0.4, -0.2) is 22.3 Å². The van der Waals surface area contributed by atoms with Gasteiger partial charge in [-0.1, -0.05) is 25.1 Å². The number of benzene rings is 1. The van der Waals surface area contributed by atoms with E-state index in [1.165, 1.54) is 0 Å². The molecule has 82 valence electrons. The number of carboxylic acids is 1. The maximum absolute atomic E-state index is 10.7. The summed E-state index contributed by atoms with van der Waals surface area (Å²) in [5.74, 6) is -0.570. The molecule has 0 fully saturated rings. The van der Waals surface area contributed by atoms with Gasteiger partial charge < -0.3 is 14.9 Å². The van der Waals surface area contributed by atoms with Gasteiger partial charge in [-0.25, -0.2) is 4.79 Å². The van der Waals surface area contributed by atoms with Gasteiger partial charge in [0, 0.05) is 5.56 Å². The van der Waals surface area contributed by atoms with Gasteiger partial charge in [0.15, 0.2) is 6.10 Å². The predicted molar refractivity (Wildman–Crippen MR) is 54.7 cm³/mol. The zero-order valence-electron chi connectivity index (χ0n) is 8.51. The second-order valence-corrected chi connectivity index (χ2v) is 3.12. The molecule has 0 aromatic heterocycles. The number of carboxylic acid groups (broad SMARTS) is 1. The number of aliphatic hydroxyl groups excluding tert-OH is 1. The Bertz CT molecular complexity index is 335. The van der Waals surface area contributed by atoms with E-state index in [2.05, 4.69) is 0 Å². The summed E-state index contributed by atoms with van der Waals surface area (Å²) in [6.07, 6.45) is -0.479. The fourth-order valence-electron chi connectivity index (χ4n) is 1.21. The quantitative estimate of drug-likeness (QED) is 0.771. The molecule has 15 heavy (non-hydrogen) atoms. The zero-order valence-corrected chi connectivity index (χ0v) is 8.51. The van der Waals surface area contributed by atoms with Gasteiger partial charge >= 0.3 is 5.97 Å². The Morgan fingerprint density at radius 3 is 2.67 bits per heavy atom. The second-order valence-electron chi connectivity index (χ2n) is 3.12. The Balaban J connectivity index is 2.82. The van der Waals surface area contributed by atoms with Crippen molar-refractivity contribution in [2.45, 2.75) is 26.1 Å². The van der Waals surface area contributed by atoms with Crippen LogP contribution in [-0.2, 0) is 11.4 Å². The highest BCUT2D eigenvalue weighted by Gasteiger charge is 2.17. The van der Waals surface area contributed by atoms with Crippen LogP contribution in [0.15, 0.2) is 24.3 Å². The van der Waals surface area contributed by atoms with Crippen molar-refractivity contribution >= 4 is 5.97 Å². The first kappa shape index (κ1) is 11.5. The minimum absolute atomic E-state index is 0.160. The summed E-state index contributed by atoms with van der Waals surface area (Å²) >= 11 is 0. The number of carbonyl (C=O) groups is 1. The van der Waals surface area contributed by atoms with E-state index in [4.69, 9.17) is 14.9 Å². The first-order valence-electron chi connectivity index (χ1n) is 4.77. The summed E-state index contributed by atoms with van der Waals surface area (Å²) in [5.41, 5.74) is 0.595. The van der Waals surface area contributed by atoms with Crippen molar-refractivity contribution in [1.82, 2.24) is 0 Å². The molecule has 1 rings (SSSR count). The highest BCUT2D eigenvalue weighted by atomic mass is 16.5. The average Bonchev–Trinajstić information content (AvgIpc) is 2.25. The number of rotatable bonds is 5. The van der Waals surface area contributed by atoms with Crippen LogP contribution in [0.2, 0.25) is 0 Å². The molecule has 4 heteroatoms. The number of aliphatic hydroxyl groups is 1. The van der Waals surface area contributed by atoms with E-state index in [-0.39, 0.29) is 6.61 Å². The molecule has 0 heterocycles. The van der Waals surface area contributed by atoms with E-state index in [1.54, 1.807) is 31.2 Å². The third kappa shape index (κ3) is 2.95. The molecule has 0 amide bonds. The van der Waals surface area contributed by atoms with Crippen molar-refractivity contribution in [2.24, 2.45) is 0 Å². The standard InChI is InChI=1S/C11H14O4/c1-2-9(11(13)14)15-10-6-4-3-5-8(10)7-12/h3-6,9,12H,2,7H2,1H3,(H,13,14).